The maximum Gasteiger partial charge on any atom is 0.334 e. The molecule has 1 saturated heterocycles. The fourth-order valence-electron chi connectivity index (χ4n) is 1.45. The lowest BCUT2D eigenvalue weighted by atomic mass is 10.2. The zero-order chi connectivity index (χ0) is 11.3. The normalized spacial score (nSPS) is 17.5. The molecule has 6 heteroatoms. The predicted octanol–water partition coefficient (Wildman–Crippen LogP) is -0.250. The average Bonchev–Trinajstić information content (AvgIpc) is 2.30. The number of thioether (sulfide) groups is 1. The Hall–Kier alpha value is -0.750. The Bertz CT molecular complexity index is 224. The molecule has 0 aromatic heterocycles. The highest BCUT2D eigenvalue weighted by Crippen LogP contribution is 2.13. The van der Waals surface area contributed by atoms with Crippen molar-refractivity contribution in [3.8, 4) is 0 Å². The highest BCUT2D eigenvalue weighted by Gasteiger charge is 2.35. The van der Waals surface area contributed by atoms with Crippen molar-refractivity contribution in [3.05, 3.63) is 0 Å². The minimum Gasteiger partial charge on any atom is -0.467 e. The smallest absolute Gasteiger partial charge is 0.334 e. The van der Waals surface area contributed by atoms with Gasteiger partial charge in [0.1, 0.15) is 0 Å². The van der Waals surface area contributed by atoms with Gasteiger partial charge in [0.15, 0.2) is 0 Å². The molecule has 0 aliphatic carbocycles. The van der Waals surface area contributed by atoms with Crippen molar-refractivity contribution in [1.29, 1.82) is 0 Å². The van der Waals surface area contributed by atoms with E-state index in [2.05, 4.69) is 9.47 Å². The van der Waals surface area contributed by atoms with Crippen LogP contribution in [-0.2, 0) is 19.1 Å². The number of ether oxygens (including phenoxy) is 2. The standard InChI is InChI=1S/C9H15NO4S/c1-13-8(11)7(9(12)14-2)10-3-5-15-6-4-10/h7H,3-6H2,1-2H3. The molecule has 0 saturated carbocycles. The SMILES string of the molecule is COC(=O)C(C(=O)OC)N1CCSCC1. The zero-order valence-electron chi connectivity index (χ0n) is 8.89. The fourth-order valence-corrected chi connectivity index (χ4v) is 2.38. The molecule has 1 rings (SSSR count). The summed E-state index contributed by atoms with van der Waals surface area (Å²) < 4.78 is 9.20. The van der Waals surface area contributed by atoms with Crippen LogP contribution >= 0.6 is 11.8 Å². The van der Waals surface area contributed by atoms with Gasteiger partial charge in [-0.15, -0.1) is 0 Å². The molecule has 0 unspecified atom stereocenters. The third kappa shape index (κ3) is 3.10. The molecule has 5 nitrogen and oxygen atoms in total. The minimum atomic E-state index is -0.902. The third-order valence-electron chi connectivity index (χ3n) is 2.26. The van der Waals surface area contributed by atoms with E-state index in [1.807, 2.05) is 11.8 Å². The summed E-state index contributed by atoms with van der Waals surface area (Å²) in [5.41, 5.74) is 0. The van der Waals surface area contributed by atoms with Crippen molar-refractivity contribution in [2.75, 3.05) is 38.8 Å². The van der Waals surface area contributed by atoms with Crippen molar-refractivity contribution in [2.45, 2.75) is 6.04 Å². The molecule has 0 bridgehead atoms. The van der Waals surface area contributed by atoms with Crippen LogP contribution in [0.2, 0.25) is 0 Å². The topological polar surface area (TPSA) is 55.8 Å². The Kier molecular flexibility index (Phi) is 4.90. The molecular weight excluding hydrogens is 218 g/mol. The van der Waals surface area contributed by atoms with E-state index in [0.717, 1.165) is 11.5 Å². The number of carbonyl (C=O) groups excluding carboxylic acids is 2. The van der Waals surface area contributed by atoms with Gasteiger partial charge in [-0.1, -0.05) is 0 Å². The van der Waals surface area contributed by atoms with Gasteiger partial charge in [0, 0.05) is 24.6 Å². The number of nitrogens with zero attached hydrogens (tertiary/aromatic N) is 1. The summed E-state index contributed by atoms with van der Waals surface area (Å²) in [5, 5.41) is 0. The second-order valence-corrected chi connectivity index (χ2v) is 4.32. The summed E-state index contributed by atoms with van der Waals surface area (Å²) >= 11 is 1.81. The molecule has 1 aliphatic rings. The molecule has 1 aliphatic heterocycles. The molecule has 0 spiro atoms. The predicted molar refractivity (Wildman–Crippen MR) is 56.7 cm³/mol. The molecule has 0 aromatic carbocycles. The van der Waals surface area contributed by atoms with Crippen LogP contribution < -0.4 is 0 Å². The first-order valence-electron chi connectivity index (χ1n) is 4.68. The Morgan fingerprint density at radius 2 is 1.60 bits per heavy atom. The number of hydrogen-bond acceptors (Lipinski definition) is 6. The lowest BCUT2D eigenvalue weighted by molar-refractivity contribution is -0.160. The first kappa shape index (κ1) is 12.3. The van der Waals surface area contributed by atoms with Crippen molar-refractivity contribution in [3.63, 3.8) is 0 Å². The summed E-state index contributed by atoms with van der Waals surface area (Å²) in [6.45, 7) is 1.42. The number of methoxy groups -OCH3 is 2. The van der Waals surface area contributed by atoms with Gasteiger partial charge in [-0.05, 0) is 0 Å². The van der Waals surface area contributed by atoms with E-state index in [0.29, 0.717) is 13.1 Å². The summed E-state index contributed by atoms with van der Waals surface area (Å²) in [6, 6.07) is -0.902. The maximum absolute atomic E-state index is 11.4. The van der Waals surface area contributed by atoms with Gasteiger partial charge in [-0.3, -0.25) is 4.90 Å². The van der Waals surface area contributed by atoms with Gasteiger partial charge in [0.05, 0.1) is 14.2 Å². The molecule has 15 heavy (non-hydrogen) atoms. The summed E-state index contributed by atoms with van der Waals surface area (Å²) in [4.78, 5) is 24.7. The van der Waals surface area contributed by atoms with Crippen LogP contribution in [0.1, 0.15) is 0 Å². The van der Waals surface area contributed by atoms with E-state index < -0.39 is 18.0 Å². The zero-order valence-corrected chi connectivity index (χ0v) is 9.71. The van der Waals surface area contributed by atoms with Gasteiger partial charge in [-0.2, -0.15) is 11.8 Å². The Morgan fingerprint density at radius 3 is 2.00 bits per heavy atom. The monoisotopic (exact) mass is 233 g/mol. The number of esters is 2. The van der Waals surface area contributed by atoms with Crippen LogP contribution in [0.5, 0.6) is 0 Å². The van der Waals surface area contributed by atoms with Gasteiger partial charge < -0.3 is 9.47 Å². The molecule has 0 atom stereocenters. The number of carbonyl (C=O) groups is 2. The van der Waals surface area contributed by atoms with Gasteiger partial charge in [-0.25, -0.2) is 9.59 Å². The number of rotatable bonds is 3. The van der Waals surface area contributed by atoms with E-state index in [-0.39, 0.29) is 0 Å². The van der Waals surface area contributed by atoms with Crippen LogP contribution in [-0.4, -0.2) is 61.7 Å². The fraction of sp³-hybridized carbons (Fsp3) is 0.778. The first-order chi connectivity index (χ1) is 7.20. The quantitative estimate of drug-likeness (QED) is 0.495. The van der Waals surface area contributed by atoms with Crippen LogP contribution in [0.25, 0.3) is 0 Å². The Balaban J connectivity index is 2.69. The molecular formula is C9H15NO4S. The van der Waals surface area contributed by atoms with Crippen LogP contribution in [0, 0.1) is 0 Å². The van der Waals surface area contributed by atoms with Crippen molar-refractivity contribution in [1.82, 2.24) is 4.90 Å². The lowest BCUT2D eigenvalue weighted by Gasteiger charge is -2.30. The molecule has 0 radical (unpaired) electrons. The highest BCUT2D eigenvalue weighted by atomic mass is 32.2. The minimum absolute atomic E-state index is 0.547. The largest absolute Gasteiger partial charge is 0.467 e. The van der Waals surface area contributed by atoms with E-state index in [1.165, 1.54) is 14.2 Å². The van der Waals surface area contributed by atoms with Crippen molar-refractivity contribution in [2.24, 2.45) is 0 Å². The van der Waals surface area contributed by atoms with E-state index >= 15 is 0 Å². The van der Waals surface area contributed by atoms with Gasteiger partial charge in [0.25, 0.3) is 0 Å². The third-order valence-corrected chi connectivity index (χ3v) is 3.20. The van der Waals surface area contributed by atoms with E-state index in [9.17, 15) is 9.59 Å². The highest BCUT2D eigenvalue weighted by molar-refractivity contribution is 7.99. The number of hydrogen-bond donors (Lipinski definition) is 0. The van der Waals surface area contributed by atoms with Crippen molar-refractivity contribution >= 4 is 23.7 Å². The lowest BCUT2D eigenvalue weighted by Crippen LogP contribution is -2.51. The van der Waals surface area contributed by atoms with E-state index in [4.69, 9.17) is 0 Å². The molecule has 0 N–H and O–H groups in total. The average molecular weight is 233 g/mol. The Labute approximate surface area is 93.1 Å². The maximum atomic E-state index is 11.4. The first-order valence-corrected chi connectivity index (χ1v) is 5.83. The van der Waals surface area contributed by atoms with Crippen LogP contribution in [0.15, 0.2) is 0 Å². The molecule has 0 amide bonds. The molecule has 86 valence electrons. The summed E-state index contributed by atoms with van der Waals surface area (Å²) in [5.74, 6) is 0.747. The van der Waals surface area contributed by atoms with E-state index in [1.54, 1.807) is 4.90 Å². The van der Waals surface area contributed by atoms with Gasteiger partial charge >= 0.3 is 11.9 Å². The van der Waals surface area contributed by atoms with Gasteiger partial charge in [0.2, 0.25) is 6.04 Å². The molecule has 0 aromatic rings. The second-order valence-electron chi connectivity index (χ2n) is 3.10. The summed E-state index contributed by atoms with van der Waals surface area (Å²) in [6.07, 6.45) is 0. The molecule has 1 heterocycles. The molecule has 1 fully saturated rings. The van der Waals surface area contributed by atoms with Crippen LogP contribution in [0.4, 0.5) is 0 Å². The summed E-state index contributed by atoms with van der Waals surface area (Å²) in [7, 11) is 2.55. The Morgan fingerprint density at radius 1 is 1.13 bits per heavy atom. The van der Waals surface area contributed by atoms with Crippen LogP contribution in [0.3, 0.4) is 0 Å². The second kappa shape index (κ2) is 5.97. The van der Waals surface area contributed by atoms with Crippen molar-refractivity contribution < 1.29 is 19.1 Å².